The Morgan fingerprint density at radius 2 is 1.74 bits per heavy atom. The second-order valence-corrected chi connectivity index (χ2v) is 10.8. The number of hydrogen-bond acceptors (Lipinski definition) is 6. The molecule has 8 heteroatoms. The quantitative estimate of drug-likeness (QED) is 0.236. The van der Waals surface area contributed by atoms with Crippen molar-refractivity contribution in [3.63, 3.8) is 0 Å². The third-order valence-electron chi connectivity index (χ3n) is 7.26. The molecule has 39 heavy (non-hydrogen) atoms. The predicted molar refractivity (Wildman–Crippen MR) is 149 cm³/mol. The number of anilines is 2. The Kier molecular flexibility index (Phi) is 6.64. The highest BCUT2D eigenvalue weighted by molar-refractivity contribution is 6.11. The van der Waals surface area contributed by atoms with Gasteiger partial charge < -0.3 is 5.32 Å². The van der Waals surface area contributed by atoms with Crippen molar-refractivity contribution in [2.45, 2.75) is 46.1 Å². The number of carbonyl (C=O) groups excluding carboxylic acids is 3. The van der Waals surface area contributed by atoms with Crippen LogP contribution in [0.4, 0.5) is 17.1 Å². The van der Waals surface area contributed by atoms with E-state index < -0.39 is 11.0 Å². The van der Waals surface area contributed by atoms with Gasteiger partial charge in [0.2, 0.25) is 5.91 Å². The minimum Gasteiger partial charge on any atom is -0.357 e. The number of hydrogen-bond donors (Lipinski definition) is 1. The van der Waals surface area contributed by atoms with Crippen molar-refractivity contribution in [2.75, 3.05) is 10.2 Å². The van der Waals surface area contributed by atoms with Crippen LogP contribution in [0.2, 0.25) is 0 Å². The molecule has 1 heterocycles. The maximum atomic E-state index is 13.7. The normalized spacial score (nSPS) is 18.0. The van der Waals surface area contributed by atoms with Crippen LogP contribution >= 0.6 is 0 Å². The van der Waals surface area contributed by atoms with Crippen LogP contribution in [0, 0.1) is 15.5 Å². The molecule has 0 fully saturated rings. The SMILES string of the molecule is CCC(=O)N1c2ccc(C(=O)c3ccccc3)cc2NC2=C(C(=O)CC(C)(C)C2)C1c1cccc([N+](=O)[O-])c1. The second-order valence-electron chi connectivity index (χ2n) is 10.8. The Morgan fingerprint density at radius 3 is 2.44 bits per heavy atom. The molecule has 1 aliphatic carbocycles. The number of non-ortho nitro benzene ring substituents is 1. The summed E-state index contributed by atoms with van der Waals surface area (Å²) in [4.78, 5) is 53.3. The summed E-state index contributed by atoms with van der Waals surface area (Å²) in [5, 5.41) is 15.0. The van der Waals surface area contributed by atoms with Gasteiger partial charge in [0.25, 0.3) is 5.69 Å². The lowest BCUT2D eigenvalue weighted by Gasteiger charge is -2.37. The largest absolute Gasteiger partial charge is 0.357 e. The highest BCUT2D eigenvalue weighted by Crippen LogP contribution is 2.49. The average molecular weight is 524 g/mol. The van der Waals surface area contributed by atoms with Crippen LogP contribution < -0.4 is 10.2 Å². The van der Waals surface area contributed by atoms with E-state index in [4.69, 9.17) is 0 Å². The Morgan fingerprint density at radius 1 is 1.00 bits per heavy atom. The number of Topliss-reactive ketones (excluding diaryl/α,β-unsaturated/α-hetero) is 1. The zero-order valence-electron chi connectivity index (χ0n) is 22.1. The van der Waals surface area contributed by atoms with Gasteiger partial charge in [-0.15, -0.1) is 0 Å². The van der Waals surface area contributed by atoms with E-state index in [1.54, 1.807) is 66.4 Å². The first kappa shape index (κ1) is 26.0. The van der Waals surface area contributed by atoms with Crippen LogP contribution in [0.3, 0.4) is 0 Å². The zero-order chi connectivity index (χ0) is 27.9. The van der Waals surface area contributed by atoms with Gasteiger partial charge >= 0.3 is 0 Å². The molecule has 1 N–H and O–H groups in total. The van der Waals surface area contributed by atoms with E-state index in [2.05, 4.69) is 5.32 Å². The maximum absolute atomic E-state index is 13.7. The molecule has 0 saturated heterocycles. The van der Waals surface area contributed by atoms with Gasteiger partial charge in [0.15, 0.2) is 11.6 Å². The minimum atomic E-state index is -0.861. The van der Waals surface area contributed by atoms with Gasteiger partial charge in [-0.1, -0.05) is 63.2 Å². The van der Waals surface area contributed by atoms with Gasteiger partial charge in [0.05, 0.1) is 22.3 Å². The van der Waals surface area contributed by atoms with Gasteiger partial charge in [0.1, 0.15) is 0 Å². The summed E-state index contributed by atoms with van der Waals surface area (Å²) in [7, 11) is 0. The van der Waals surface area contributed by atoms with Crippen molar-refractivity contribution in [1.29, 1.82) is 0 Å². The highest BCUT2D eigenvalue weighted by atomic mass is 16.6. The number of allylic oxidation sites excluding steroid dienone is 1. The standard InChI is InChI=1S/C31H29N3O5/c1-4-27(36)33-25-14-13-21(30(37)19-9-6-5-7-10-19)16-23(25)32-24-17-31(2,3)18-26(35)28(24)29(33)20-11-8-12-22(15-20)34(38)39/h5-16,29,32H,4,17-18H2,1-3H3. The smallest absolute Gasteiger partial charge is 0.269 e. The summed E-state index contributed by atoms with van der Waals surface area (Å²) >= 11 is 0. The monoisotopic (exact) mass is 523 g/mol. The maximum Gasteiger partial charge on any atom is 0.269 e. The molecule has 1 unspecified atom stereocenters. The summed E-state index contributed by atoms with van der Waals surface area (Å²) in [6.45, 7) is 5.75. The number of fused-ring (bicyclic) bond motifs is 1. The Bertz CT molecular complexity index is 1540. The van der Waals surface area contributed by atoms with Crippen molar-refractivity contribution in [3.8, 4) is 0 Å². The Hall–Kier alpha value is -4.59. The molecule has 0 saturated carbocycles. The molecule has 8 nitrogen and oxygen atoms in total. The number of nitro groups is 1. The molecule has 2 aliphatic rings. The van der Waals surface area contributed by atoms with Gasteiger partial charge in [-0.2, -0.15) is 0 Å². The topological polar surface area (TPSA) is 110 Å². The Labute approximate surface area is 226 Å². The van der Waals surface area contributed by atoms with Crippen LogP contribution in [0.15, 0.2) is 84.1 Å². The number of nitrogens with one attached hydrogen (secondary N) is 1. The molecule has 198 valence electrons. The van der Waals surface area contributed by atoms with E-state index in [-0.39, 0.29) is 41.4 Å². The predicted octanol–water partition coefficient (Wildman–Crippen LogP) is 6.38. The van der Waals surface area contributed by atoms with Crippen molar-refractivity contribution >= 4 is 34.5 Å². The molecule has 3 aromatic carbocycles. The number of nitrogens with zero attached hydrogens (tertiary/aromatic N) is 2. The molecule has 0 bridgehead atoms. The number of carbonyl (C=O) groups is 3. The van der Waals surface area contributed by atoms with Gasteiger partial charge in [0, 0.05) is 47.4 Å². The summed E-state index contributed by atoms with van der Waals surface area (Å²) < 4.78 is 0. The molecule has 1 amide bonds. The van der Waals surface area contributed by atoms with Gasteiger partial charge in [-0.05, 0) is 35.6 Å². The first-order valence-electron chi connectivity index (χ1n) is 12.9. The minimum absolute atomic E-state index is 0.118. The fourth-order valence-corrected chi connectivity index (χ4v) is 5.51. The van der Waals surface area contributed by atoms with Crippen LogP contribution in [0.25, 0.3) is 0 Å². The zero-order valence-corrected chi connectivity index (χ0v) is 22.1. The van der Waals surface area contributed by atoms with E-state index in [9.17, 15) is 24.5 Å². The molecular weight excluding hydrogens is 494 g/mol. The molecule has 0 radical (unpaired) electrons. The molecule has 3 aromatic rings. The van der Waals surface area contributed by atoms with Crippen molar-refractivity contribution < 1.29 is 19.3 Å². The fraction of sp³-hybridized carbons (Fsp3) is 0.258. The van der Waals surface area contributed by atoms with E-state index >= 15 is 0 Å². The summed E-state index contributed by atoms with van der Waals surface area (Å²) in [5.74, 6) is -0.530. The van der Waals surface area contributed by atoms with E-state index in [0.717, 1.165) is 0 Å². The van der Waals surface area contributed by atoms with E-state index in [1.807, 2.05) is 19.9 Å². The number of benzene rings is 3. The summed E-state index contributed by atoms with van der Waals surface area (Å²) in [6, 6.07) is 19.3. The van der Waals surface area contributed by atoms with Crippen molar-refractivity contribution in [2.24, 2.45) is 5.41 Å². The Balaban J connectivity index is 1.75. The van der Waals surface area contributed by atoms with Crippen LogP contribution in [-0.4, -0.2) is 22.4 Å². The molecule has 1 atom stereocenters. The first-order chi connectivity index (χ1) is 18.6. The van der Waals surface area contributed by atoms with Crippen LogP contribution in [0.1, 0.15) is 67.6 Å². The molecule has 1 aliphatic heterocycles. The lowest BCUT2D eigenvalue weighted by Crippen LogP contribution is -2.39. The van der Waals surface area contributed by atoms with E-state index in [0.29, 0.717) is 45.8 Å². The van der Waals surface area contributed by atoms with E-state index in [1.165, 1.54) is 12.1 Å². The third-order valence-corrected chi connectivity index (χ3v) is 7.26. The number of ketones is 2. The lowest BCUT2D eigenvalue weighted by molar-refractivity contribution is -0.384. The van der Waals surface area contributed by atoms with Crippen molar-refractivity contribution in [1.82, 2.24) is 0 Å². The molecule has 0 spiro atoms. The average Bonchev–Trinajstić information content (AvgIpc) is 3.06. The highest BCUT2D eigenvalue weighted by Gasteiger charge is 2.43. The second kappa shape index (κ2) is 9.94. The number of rotatable bonds is 5. The fourth-order valence-electron chi connectivity index (χ4n) is 5.51. The van der Waals surface area contributed by atoms with Crippen LogP contribution in [0.5, 0.6) is 0 Å². The summed E-state index contributed by atoms with van der Waals surface area (Å²) in [6.07, 6.45) is 0.961. The molecular formula is C31H29N3O5. The molecule has 5 rings (SSSR count). The third kappa shape index (κ3) is 4.85. The first-order valence-corrected chi connectivity index (χ1v) is 12.9. The lowest BCUT2D eigenvalue weighted by atomic mass is 9.73. The number of nitro benzene ring substituents is 1. The molecule has 0 aromatic heterocycles. The van der Waals surface area contributed by atoms with Crippen LogP contribution in [-0.2, 0) is 9.59 Å². The van der Waals surface area contributed by atoms with Gasteiger partial charge in [-0.3, -0.25) is 29.4 Å². The van der Waals surface area contributed by atoms with Crippen molar-refractivity contribution in [3.05, 3.63) is 111 Å². The number of amides is 1. The van der Waals surface area contributed by atoms with Gasteiger partial charge in [-0.25, -0.2) is 0 Å². The summed E-state index contributed by atoms with van der Waals surface area (Å²) in [5.41, 5.74) is 3.11.